The summed E-state index contributed by atoms with van der Waals surface area (Å²) in [6, 6.07) is 7.77. The first-order valence-corrected chi connectivity index (χ1v) is 6.86. The van der Waals surface area contributed by atoms with Gasteiger partial charge in [-0.05, 0) is 36.5 Å². The highest BCUT2D eigenvalue weighted by molar-refractivity contribution is 5.92. The van der Waals surface area contributed by atoms with Gasteiger partial charge in [0.1, 0.15) is 0 Å². The van der Waals surface area contributed by atoms with Crippen LogP contribution >= 0.6 is 0 Å². The second-order valence-corrected chi connectivity index (χ2v) is 5.28. The standard InChI is InChI=1S/C15H22N2O2/c1-11(8-16)15(18)17-14-4-2-3-13(7-14)10-19-9-12-5-6-12/h2-4,7,11-12H,5-6,8-10,16H2,1H3,(H,17,18). The minimum Gasteiger partial charge on any atom is -0.376 e. The van der Waals surface area contributed by atoms with Gasteiger partial charge in [0.2, 0.25) is 5.91 Å². The summed E-state index contributed by atoms with van der Waals surface area (Å²) in [5, 5.41) is 2.87. The van der Waals surface area contributed by atoms with E-state index in [1.54, 1.807) is 0 Å². The molecule has 0 spiro atoms. The molecular formula is C15H22N2O2. The van der Waals surface area contributed by atoms with Crippen molar-refractivity contribution >= 4 is 11.6 Å². The number of nitrogens with two attached hydrogens (primary N) is 1. The lowest BCUT2D eigenvalue weighted by Crippen LogP contribution is -2.26. The molecule has 0 radical (unpaired) electrons. The number of carbonyl (C=O) groups excluding carboxylic acids is 1. The van der Waals surface area contributed by atoms with E-state index in [0.717, 1.165) is 23.8 Å². The highest BCUT2D eigenvalue weighted by Gasteiger charge is 2.21. The minimum absolute atomic E-state index is 0.0430. The number of rotatable bonds is 7. The van der Waals surface area contributed by atoms with Gasteiger partial charge in [0.15, 0.2) is 0 Å². The predicted molar refractivity (Wildman–Crippen MR) is 75.7 cm³/mol. The fraction of sp³-hybridized carbons (Fsp3) is 0.533. The summed E-state index contributed by atoms with van der Waals surface area (Å²) in [5.74, 6) is 0.557. The number of anilines is 1. The van der Waals surface area contributed by atoms with E-state index in [0.29, 0.717) is 13.2 Å². The Labute approximate surface area is 114 Å². The smallest absolute Gasteiger partial charge is 0.228 e. The average molecular weight is 262 g/mol. The van der Waals surface area contributed by atoms with Crippen molar-refractivity contribution in [3.05, 3.63) is 29.8 Å². The first kappa shape index (κ1) is 14.0. The van der Waals surface area contributed by atoms with E-state index in [9.17, 15) is 4.79 Å². The molecule has 1 atom stereocenters. The Morgan fingerprint density at radius 2 is 2.32 bits per heavy atom. The van der Waals surface area contributed by atoms with Gasteiger partial charge in [0, 0.05) is 24.8 Å². The SMILES string of the molecule is CC(CN)C(=O)Nc1cccc(COCC2CC2)c1. The Kier molecular flexibility index (Phi) is 4.93. The molecule has 19 heavy (non-hydrogen) atoms. The van der Waals surface area contributed by atoms with Gasteiger partial charge >= 0.3 is 0 Å². The van der Waals surface area contributed by atoms with Gasteiger partial charge < -0.3 is 15.8 Å². The van der Waals surface area contributed by atoms with Crippen molar-refractivity contribution in [1.82, 2.24) is 0 Å². The zero-order valence-electron chi connectivity index (χ0n) is 11.4. The normalized spacial score (nSPS) is 16.1. The van der Waals surface area contributed by atoms with Crippen molar-refractivity contribution in [3.63, 3.8) is 0 Å². The van der Waals surface area contributed by atoms with Crippen molar-refractivity contribution in [1.29, 1.82) is 0 Å². The topological polar surface area (TPSA) is 64.4 Å². The third-order valence-electron chi connectivity index (χ3n) is 3.31. The van der Waals surface area contributed by atoms with Crippen LogP contribution in [-0.4, -0.2) is 19.1 Å². The molecule has 1 amide bonds. The zero-order chi connectivity index (χ0) is 13.7. The van der Waals surface area contributed by atoms with Crippen molar-refractivity contribution < 1.29 is 9.53 Å². The molecule has 0 saturated heterocycles. The Hall–Kier alpha value is -1.39. The van der Waals surface area contributed by atoms with Crippen LogP contribution < -0.4 is 11.1 Å². The summed E-state index contributed by atoms with van der Waals surface area (Å²) >= 11 is 0. The Balaban J connectivity index is 1.84. The van der Waals surface area contributed by atoms with Gasteiger partial charge in [-0.15, -0.1) is 0 Å². The monoisotopic (exact) mass is 262 g/mol. The van der Waals surface area contributed by atoms with Gasteiger partial charge in [0.25, 0.3) is 0 Å². The van der Waals surface area contributed by atoms with E-state index < -0.39 is 0 Å². The molecule has 3 N–H and O–H groups in total. The molecule has 0 aromatic heterocycles. The second kappa shape index (κ2) is 6.68. The lowest BCUT2D eigenvalue weighted by molar-refractivity contribution is -0.119. The van der Waals surface area contributed by atoms with Crippen LogP contribution in [-0.2, 0) is 16.1 Å². The highest BCUT2D eigenvalue weighted by Crippen LogP contribution is 2.29. The van der Waals surface area contributed by atoms with Crippen LogP contribution in [0.4, 0.5) is 5.69 Å². The number of carbonyl (C=O) groups is 1. The van der Waals surface area contributed by atoms with Gasteiger partial charge in [-0.2, -0.15) is 0 Å². The second-order valence-electron chi connectivity index (χ2n) is 5.28. The lowest BCUT2D eigenvalue weighted by atomic mass is 10.1. The van der Waals surface area contributed by atoms with E-state index in [2.05, 4.69) is 5.32 Å². The first-order chi connectivity index (χ1) is 9.19. The van der Waals surface area contributed by atoms with Crippen LogP contribution in [0.25, 0.3) is 0 Å². The molecule has 1 aromatic rings. The summed E-state index contributed by atoms with van der Waals surface area (Å²) in [7, 11) is 0. The van der Waals surface area contributed by atoms with Crippen molar-refractivity contribution in [3.8, 4) is 0 Å². The van der Waals surface area contributed by atoms with Crippen molar-refractivity contribution in [2.75, 3.05) is 18.5 Å². The summed E-state index contributed by atoms with van der Waals surface area (Å²) in [6.07, 6.45) is 2.60. The summed E-state index contributed by atoms with van der Waals surface area (Å²) in [5.41, 5.74) is 7.36. The number of hydrogen-bond donors (Lipinski definition) is 2. The highest BCUT2D eigenvalue weighted by atomic mass is 16.5. The Morgan fingerprint density at radius 3 is 3.00 bits per heavy atom. The molecular weight excluding hydrogens is 240 g/mol. The van der Waals surface area contributed by atoms with Crippen LogP contribution in [0.5, 0.6) is 0 Å². The fourth-order valence-electron chi connectivity index (χ4n) is 1.74. The third kappa shape index (κ3) is 4.65. The Morgan fingerprint density at radius 1 is 1.53 bits per heavy atom. The van der Waals surface area contributed by atoms with Gasteiger partial charge in [0.05, 0.1) is 6.61 Å². The maximum absolute atomic E-state index is 11.7. The molecule has 1 aliphatic carbocycles. The molecule has 1 aliphatic rings. The molecule has 1 fully saturated rings. The van der Waals surface area contributed by atoms with Crippen LogP contribution in [0.2, 0.25) is 0 Å². The number of benzene rings is 1. The van der Waals surface area contributed by atoms with Gasteiger partial charge in [-0.25, -0.2) is 0 Å². The van der Waals surface area contributed by atoms with Crippen LogP contribution in [0.3, 0.4) is 0 Å². The first-order valence-electron chi connectivity index (χ1n) is 6.86. The molecule has 104 valence electrons. The molecule has 0 aliphatic heterocycles. The summed E-state index contributed by atoms with van der Waals surface area (Å²) < 4.78 is 5.64. The van der Waals surface area contributed by atoms with Gasteiger partial charge in [-0.3, -0.25) is 4.79 Å². The van der Waals surface area contributed by atoms with E-state index in [1.807, 2.05) is 31.2 Å². The summed E-state index contributed by atoms with van der Waals surface area (Å²) in [4.78, 5) is 11.7. The number of nitrogens with one attached hydrogen (secondary N) is 1. The third-order valence-corrected chi connectivity index (χ3v) is 3.31. The van der Waals surface area contributed by atoms with Crippen LogP contribution in [0.1, 0.15) is 25.3 Å². The Bertz CT molecular complexity index is 430. The molecule has 0 heterocycles. The quantitative estimate of drug-likeness (QED) is 0.791. The van der Waals surface area contributed by atoms with E-state index in [4.69, 9.17) is 10.5 Å². The molecule has 1 saturated carbocycles. The number of ether oxygens (including phenoxy) is 1. The van der Waals surface area contributed by atoms with Crippen LogP contribution in [0.15, 0.2) is 24.3 Å². The van der Waals surface area contributed by atoms with E-state index in [-0.39, 0.29) is 11.8 Å². The van der Waals surface area contributed by atoms with Crippen LogP contribution in [0, 0.1) is 11.8 Å². The average Bonchev–Trinajstić information content (AvgIpc) is 3.22. The van der Waals surface area contributed by atoms with Gasteiger partial charge in [-0.1, -0.05) is 19.1 Å². The lowest BCUT2D eigenvalue weighted by Gasteiger charge is -2.11. The maximum Gasteiger partial charge on any atom is 0.228 e. The largest absolute Gasteiger partial charge is 0.376 e. The maximum atomic E-state index is 11.7. The van der Waals surface area contributed by atoms with E-state index >= 15 is 0 Å². The van der Waals surface area contributed by atoms with Crippen molar-refractivity contribution in [2.24, 2.45) is 17.6 Å². The molecule has 4 nitrogen and oxygen atoms in total. The molecule has 1 unspecified atom stereocenters. The van der Waals surface area contributed by atoms with E-state index in [1.165, 1.54) is 12.8 Å². The molecule has 4 heteroatoms. The molecule has 0 bridgehead atoms. The fourth-order valence-corrected chi connectivity index (χ4v) is 1.74. The number of amides is 1. The predicted octanol–water partition coefficient (Wildman–Crippen LogP) is 2.15. The minimum atomic E-state index is -0.172. The zero-order valence-corrected chi connectivity index (χ0v) is 11.4. The van der Waals surface area contributed by atoms with Crippen molar-refractivity contribution in [2.45, 2.75) is 26.4 Å². The molecule has 2 rings (SSSR count). The summed E-state index contributed by atoms with van der Waals surface area (Å²) in [6.45, 7) is 3.63. The number of hydrogen-bond acceptors (Lipinski definition) is 3. The molecule has 1 aromatic carbocycles.